The third kappa shape index (κ3) is 5.21. The van der Waals surface area contributed by atoms with Crippen LogP contribution >= 0.6 is 11.8 Å². The van der Waals surface area contributed by atoms with Crippen molar-refractivity contribution in [2.45, 2.75) is 5.22 Å². The van der Waals surface area contributed by atoms with Gasteiger partial charge >= 0.3 is 0 Å². The molecule has 6 nitrogen and oxygen atoms in total. The summed E-state index contributed by atoms with van der Waals surface area (Å²) in [4.78, 5) is 28.8. The van der Waals surface area contributed by atoms with Crippen molar-refractivity contribution in [3.05, 3.63) is 96.6 Å². The van der Waals surface area contributed by atoms with Gasteiger partial charge in [0.2, 0.25) is 5.91 Å². The zero-order valence-electron chi connectivity index (χ0n) is 16.4. The molecule has 0 aliphatic heterocycles. The second-order valence-electron chi connectivity index (χ2n) is 6.55. The molecule has 0 bridgehead atoms. The van der Waals surface area contributed by atoms with E-state index in [1.54, 1.807) is 24.3 Å². The van der Waals surface area contributed by atoms with Crippen molar-refractivity contribution in [1.82, 2.24) is 15.8 Å². The third-order valence-electron chi connectivity index (χ3n) is 4.37. The van der Waals surface area contributed by atoms with Gasteiger partial charge in [-0.15, -0.1) is 0 Å². The van der Waals surface area contributed by atoms with Gasteiger partial charge in [-0.1, -0.05) is 90.6 Å². The number of aromatic nitrogens is 1. The van der Waals surface area contributed by atoms with Crippen LogP contribution in [0.5, 0.6) is 0 Å². The number of benzene rings is 3. The van der Waals surface area contributed by atoms with Crippen LogP contribution in [0.2, 0.25) is 0 Å². The number of nitrogens with one attached hydrogen (secondary N) is 2. The Morgan fingerprint density at radius 2 is 1.35 bits per heavy atom. The normalized spacial score (nSPS) is 10.5. The highest BCUT2D eigenvalue weighted by molar-refractivity contribution is 7.99. The Bertz CT molecular complexity index is 1110. The fourth-order valence-electron chi connectivity index (χ4n) is 2.89. The smallest absolute Gasteiger partial charge is 0.269 e. The quantitative estimate of drug-likeness (QED) is 0.347. The van der Waals surface area contributed by atoms with Gasteiger partial charge in [0.25, 0.3) is 11.1 Å². The van der Waals surface area contributed by atoms with Crippen LogP contribution in [0.3, 0.4) is 0 Å². The highest BCUT2D eigenvalue weighted by Crippen LogP contribution is 2.35. The molecular weight excluding hydrogens is 410 g/mol. The Kier molecular flexibility index (Phi) is 6.44. The minimum absolute atomic E-state index is 0.0397. The molecule has 4 rings (SSSR count). The maximum atomic E-state index is 12.2. The first-order valence-electron chi connectivity index (χ1n) is 9.59. The second kappa shape index (κ2) is 9.77. The highest BCUT2D eigenvalue weighted by atomic mass is 32.2. The summed E-state index contributed by atoms with van der Waals surface area (Å²) in [6.45, 7) is 0. The molecule has 2 amide bonds. The summed E-state index contributed by atoms with van der Waals surface area (Å²) in [7, 11) is 0. The van der Waals surface area contributed by atoms with Gasteiger partial charge in [-0.2, -0.15) is 0 Å². The van der Waals surface area contributed by atoms with E-state index >= 15 is 0 Å². The first-order chi connectivity index (χ1) is 15.2. The van der Waals surface area contributed by atoms with Crippen LogP contribution in [0.1, 0.15) is 10.4 Å². The van der Waals surface area contributed by atoms with E-state index in [-0.39, 0.29) is 17.6 Å². The van der Waals surface area contributed by atoms with Crippen molar-refractivity contribution < 1.29 is 14.0 Å². The number of amides is 2. The number of hydrogen-bond donors (Lipinski definition) is 2. The molecule has 0 saturated heterocycles. The van der Waals surface area contributed by atoms with Gasteiger partial charge < -0.3 is 4.42 Å². The molecule has 0 spiro atoms. The molecule has 0 atom stereocenters. The standard InChI is InChI=1S/C24H19N3O3S/c28-20(26-27-23(29)19-14-8-3-9-15-19)16-31-24-25-21(17-10-4-1-5-11-17)22(30-24)18-12-6-2-7-13-18/h1-15H,16H2,(H,26,28)(H,27,29). The van der Waals surface area contributed by atoms with Crippen molar-refractivity contribution in [1.29, 1.82) is 0 Å². The van der Waals surface area contributed by atoms with Crippen LogP contribution in [0, 0.1) is 0 Å². The summed E-state index contributed by atoms with van der Waals surface area (Å²) in [5.74, 6) is -0.0622. The lowest BCUT2D eigenvalue weighted by atomic mass is 10.1. The SMILES string of the molecule is O=C(CSc1nc(-c2ccccc2)c(-c2ccccc2)o1)NNC(=O)c1ccccc1. The van der Waals surface area contributed by atoms with Crippen LogP contribution in [-0.2, 0) is 4.79 Å². The van der Waals surface area contributed by atoms with E-state index in [2.05, 4.69) is 15.8 Å². The molecule has 1 heterocycles. The van der Waals surface area contributed by atoms with Crippen molar-refractivity contribution in [3.63, 3.8) is 0 Å². The number of carbonyl (C=O) groups excluding carboxylic acids is 2. The second-order valence-corrected chi connectivity index (χ2v) is 7.47. The lowest BCUT2D eigenvalue weighted by Gasteiger charge is -2.06. The molecule has 0 fully saturated rings. The Morgan fingerprint density at radius 3 is 2.00 bits per heavy atom. The van der Waals surface area contributed by atoms with E-state index in [1.165, 1.54) is 0 Å². The fraction of sp³-hybridized carbons (Fsp3) is 0.0417. The van der Waals surface area contributed by atoms with E-state index in [0.717, 1.165) is 22.9 Å². The van der Waals surface area contributed by atoms with Crippen molar-refractivity contribution in [2.24, 2.45) is 0 Å². The molecule has 31 heavy (non-hydrogen) atoms. The van der Waals surface area contributed by atoms with Gasteiger partial charge in [0.15, 0.2) is 5.76 Å². The van der Waals surface area contributed by atoms with Gasteiger partial charge in [-0.3, -0.25) is 20.4 Å². The Hall–Kier alpha value is -3.84. The number of thioether (sulfide) groups is 1. The Morgan fingerprint density at radius 1 is 0.774 bits per heavy atom. The molecule has 3 aromatic carbocycles. The summed E-state index contributed by atoms with van der Waals surface area (Å²) in [5.41, 5.74) is 7.81. The predicted octanol–water partition coefficient (Wildman–Crippen LogP) is 4.56. The van der Waals surface area contributed by atoms with Gasteiger partial charge in [0.05, 0.1) is 5.75 Å². The molecular formula is C24H19N3O3S. The van der Waals surface area contributed by atoms with Crippen molar-refractivity contribution >= 4 is 23.6 Å². The van der Waals surface area contributed by atoms with Crippen molar-refractivity contribution in [2.75, 3.05) is 5.75 Å². The van der Waals surface area contributed by atoms with Crippen LogP contribution in [0.15, 0.2) is 101 Å². The predicted molar refractivity (Wildman–Crippen MR) is 120 cm³/mol. The van der Waals surface area contributed by atoms with Gasteiger partial charge in [0.1, 0.15) is 5.69 Å². The highest BCUT2D eigenvalue weighted by Gasteiger charge is 2.18. The summed E-state index contributed by atoms with van der Waals surface area (Å²) >= 11 is 1.16. The molecule has 2 N–H and O–H groups in total. The number of rotatable bonds is 6. The minimum atomic E-state index is -0.382. The molecule has 0 aliphatic carbocycles. The molecule has 1 aromatic heterocycles. The monoisotopic (exact) mass is 429 g/mol. The third-order valence-corrected chi connectivity index (χ3v) is 5.20. The molecule has 0 radical (unpaired) electrons. The molecule has 0 saturated carbocycles. The number of hydrazine groups is 1. The number of carbonyl (C=O) groups is 2. The summed E-state index contributed by atoms with van der Waals surface area (Å²) < 4.78 is 5.99. The van der Waals surface area contributed by atoms with E-state index in [0.29, 0.717) is 22.2 Å². The van der Waals surface area contributed by atoms with E-state index in [1.807, 2.05) is 66.7 Å². The molecule has 154 valence electrons. The Labute approximate surface area is 183 Å². The molecule has 0 unspecified atom stereocenters. The molecule has 7 heteroatoms. The van der Waals surface area contributed by atoms with Crippen LogP contribution in [0.25, 0.3) is 22.6 Å². The average molecular weight is 430 g/mol. The fourth-order valence-corrected chi connectivity index (χ4v) is 3.52. The first kappa shape index (κ1) is 20.4. The maximum Gasteiger partial charge on any atom is 0.269 e. The topological polar surface area (TPSA) is 84.2 Å². The van der Waals surface area contributed by atoms with E-state index < -0.39 is 0 Å². The lowest BCUT2D eigenvalue weighted by molar-refractivity contribution is -0.119. The zero-order valence-corrected chi connectivity index (χ0v) is 17.3. The van der Waals surface area contributed by atoms with Crippen LogP contribution in [0.4, 0.5) is 0 Å². The van der Waals surface area contributed by atoms with Crippen LogP contribution < -0.4 is 10.9 Å². The largest absolute Gasteiger partial charge is 0.431 e. The van der Waals surface area contributed by atoms with E-state index in [9.17, 15) is 9.59 Å². The number of oxazole rings is 1. The molecule has 0 aliphatic rings. The summed E-state index contributed by atoms with van der Waals surface area (Å²) in [5, 5.41) is 0.377. The number of hydrogen-bond acceptors (Lipinski definition) is 5. The Balaban J connectivity index is 1.43. The molecule has 4 aromatic rings. The van der Waals surface area contributed by atoms with Gasteiger partial charge in [-0.05, 0) is 12.1 Å². The summed E-state index contributed by atoms with van der Waals surface area (Å²) in [6, 6.07) is 28.1. The number of nitrogens with zero attached hydrogens (tertiary/aromatic N) is 1. The lowest BCUT2D eigenvalue weighted by Crippen LogP contribution is -2.42. The minimum Gasteiger partial charge on any atom is -0.431 e. The van der Waals surface area contributed by atoms with Gasteiger partial charge in [0, 0.05) is 16.7 Å². The maximum absolute atomic E-state index is 12.2. The van der Waals surface area contributed by atoms with Gasteiger partial charge in [-0.25, -0.2) is 4.98 Å². The average Bonchev–Trinajstić information content (AvgIpc) is 3.27. The zero-order chi connectivity index (χ0) is 21.5. The summed E-state index contributed by atoms with van der Waals surface area (Å²) in [6.07, 6.45) is 0. The van der Waals surface area contributed by atoms with E-state index in [4.69, 9.17) is 4.42 Å². The first-order valence-corrected chi connectivity index (χ1v) is 10.6. The van der Waals surface area contributed by atoms with Crippen molar-refractivity contribution in [3.8, 4) is 22.6 Å². The van der Waals surface area contributed by atoms with Crippen LogP contribution in [-0.4, -0.2) is 22.6 Å².